The first-order chi connectivity index (χ1) is 44.1. The van der Waals surface area contributed by atoms with Crippen LogP contribution in [0.3, 0.4) is 0 Å². The van der Waals surface area contributed by atoms with Crippen molar-refractivity contribution in [3.8, 4) is 89.8 Å². The minimum absolute atomic E-state index is 0.673. The highest BCUT2D eigenvalue weighted by Crippen LogP contribution is 2.64. The number of fused-ring (bicyclic) bond motifs is 10. The Labute approximate surface area is 519 Å². The number of ether oxygens (including phenoxy) is 2. The molecule has 1 spiro atoms. The van der Waals surface area contributed by atoms with Crippen molar-refractivity contribution < 1.29 is 9.47 Å². The Hall–Kier alpha value is -11.7. The number of hydrogen-bond donors (Lipinski definition) is 0. The third-order valence-electron chi connectivity index (χ3n) is 17.6. The molecular weight excluding hydrogens is 1080 g/mol. The summed E-state index contributed by atoms with van der Waals surface area (Å²) in [6.07, 6.45) is 0. The van der Waals surface area contributed by atoms with E-state index >= 15 is 0 Å². The van der Waals surface area contributed by atoms with Crippen molar-refractivity contribution >= 4 is 34.1 Å². The minimum atomic E-state index is -0.673. The van der Waals surface area contributed by atoms with Crippen molar-refractivity contribution in [2.45, 2.75) is 5.41 Å². The summed E-state index contributed by atoms with van der Waals surface area (Å²) in [6, 6.07) is 125. The van der Waals surface area contributed by atoms with Gasteiger partial charge in [0.25, 0.3) is 0 Å². The first-order valence-electron chi connectivity index (χ1n) is 30.4. The lowest BCUT2D eigenvalue weighted by Crippen LogP contribution is -2.25. The maximum absolute atomic E-state index is 7.14. The average Bonchev–Trinajstić information content (AvgIpc) is 1.57. The Morgan fingerprint density at radius 2 is 0.506 bits per heavy atom. The van der Waals surface area contributed by atoms with Crippen LogP contribution < -0.4 is 19.3 Å². The van der Waals surface area contributed by atoms with E-state index in [0.717, 1.165) is 90.5 Å². The zero-order valence-electron chi connectivity index (χ0n) is 48.7. The van der Waals surface area contributed by atoms with Gasteiger partial charge in [0.2, 0.25) is 0 Å². The summed E-state index contributed by atoms with van der Waals surface area (Å²) in [5.74, 6) is 2.96. The van der Waals surface area contributed by atoms with Gasteiger partial charge in [0, 0.05) is 46.0 Å². The van der Waals surface area contributed by atoms with Gasteiger partial charge in [-0.3, -0.25) is 0 Å². The van der Waals surface area contributed by atoms with Gasteiger partial charge in [-0.05, 0) is 163 Å². The SMILES string of the molecule is c1ccc(-c2ccc(N(c3cccc(Oc4ccc5c(c4)C4(c6ccccc6-5)c5ccccc5-c5ccc(Oc6cccc(N(c7ccc(-c8ccccc8)cc7)c7ccccc7-c7ccccc7)c6)cc54)c3)c3ccccc3-c3ccccc3)cc2)cc1. The van der Waals surface area contributed by atoms with Gasteiger partial charge in [-0.15, -0.1) is 0 Å². The number of benzene rings is 14. The molecule has 0 saturated carbocycles. The Kier molecular flexibility index (Phi) is 13.4. The maximum atomic E-state index is 7.14. The molecule has 0 heterocycles. The van der Waals surface area contributed by atoms with E-state index < -0.39 is 5.41 Å². The van der Waals surface area contributed by atoms with E-state index in [4.69, 9.17) is 9.47 Å². The largest absolute Gasteiger partial charge is 0.457 e. The summed E-state index contributed by atoms with van der Waals surface area (Å²) < 4.78 is 14.3. The van der Waals surface area contributed by atoms with Crippen molar-refractivity contribution in [2.24, 2.45) is 0 Å². The molecule has 420 valence electrons. The third-order valence-corrected chi connectivity index (χ3v) is 17.6. The standard InChI is InChI=1S/C85H58N2O2/c1-5-23-59(24-6-1)61-43-47-65(48-44-61)86(83-41-19-15-35-73(83)63-27-9-3-10-28-63)67-31-21-33-69(55-67)88-71-51-53-77-75-37-13-17-39-79(75)85(81(77)57-71)80-40-18-14-38-76(80)78-54-52-72(58-82(78)85)89-70-34-22-32-68(56-70)87(66-49-45-62(46-50-66)60-25-7-2-8-26-60)84-42-20-16-36-74(84)64-29-11-4-12-30-64/h1-58H. The summed E-state index contributed by atoms with van der Waals surface area (Å²) in [4.78, 5) is 4.68. The average molecular weight is 1140 g/mol. The van der Waals surface area contributed by atoms with E-state index in [-0.39, 0.29) is 0 Å². The first kappa shape index (κ1) is 52.8. The van der Waals surface area contributed by atoms with Crippen LogP contribution in [-0.4, -0.2) is 0 Å². The number of hydrogen-bond acceptors (Lipinski definition) is 4. The van der Waals surface area contributed by atoms with Crippen LogP contribution >= 0.6 is 0 Å². The van der Waals surface area contributed by atoms with Crippen molar-refractivity contribution in [3.05, 3.63) is 374 Å². The molecular formula is C85H58N2O2. The molecule has 0 aliphatic heterocycles. The lowest BCUT2D eigenvalue weighted by molar-refractivity contribution is 0.480. The molecule has 0 saturated heterocycles. The number of rotatable bonds is 14. The van der Waals surface area contributed by atoms with Crippen LogP contribution in [-0.2, 0) is 5.41 Å². The molecule has 14 aromatic carbocycles. The van der Waals surface area contributed by atoms with Crippen molar-refractivity contribution in [3.63, 3.8) is 0 Å². The van der Waals surface area contributed by atoms with E-state index in [1.54, 1.807) is 0 Å². The highest BCUT2D eigenvalue weighted by atomic mass is 16.5. The van der Waals surface area contributed by atoms with E-state index in [9.17, 15) is 0 Å². The van der Waals surface area contributed by atoms with Gasteiger partial charge < -0.3 is 19.3 Å². The van der Waals surface area contributed by atoms with Crippen molar-refractivity contribution in [2.75, 3.05) is 9.80 Å². The van der Waals surface area contributed by atoms with Crippen molar-refractivity contribution in [1.29, 1.82) is 0 Å². The summed E-state index contributed by atoms with van der Waals surface area (Å²) in [5, 5.41) is 0. The molecule has 0 aromatic heterocycles. The fourth-order valence-corrected chi connectivity index (χ4v) is 13.7. The van der Waals surface area contributed by atoms with Gasteiger partial charge in [-0.25, -0.2) is 0 Å². The smallest absolute Gasteiger partial charge is 0.129 e. The monoisotopic (exact) mass is 1140 g/mol. The molecule has 0 bridgehead atoms. The van der Waals surface area contributed by atoms with Crippen LogP contribution in [0.2, 0.25) is 0 Å². The van der Waals surface area contributed by atoms with E-state index in [1.807, 2.05) is 0 Å². The van der Waals surface area contributed by atoms with Gasteiger partial charge in [-0.1, -0.05) is 255 Å². The summed E-state index contributed by atoms with van der Waals surface area (Å²) in [6.45, 7) is 0. The lowest BCUT2D eigenvalue weighted by Gasteiger charge is -2.31. The minimum Gasteiger partial charge on any atom is -0.457 e. The van der Waals surface area contributed by atoms with Crippen LogP contribution in [0.1, 0.15) is 22.3 Å². The second-order valence-corrected chi connectivity index (χ2v) is 22.7. The number of anilines is 6. The molecule has 0 fully saturated rings. The van der Waals surface area contributed by atoms with Gasteiger partial charge >= 0.3 is 0 Å². The number of para-hydroxylation sites is 2. The van der Waals surface area contributed by atoms with Gasteiger partial charge in [0.15, 0.2) is 0 Å². The molecule has 14 aromatic rings. The fourth-order valence-electron chi connectivity index (χ4n) is 13.7. The van der Waals surface area contributed by atoms with Gasteiger partial charge in [-0.2, -0.15) is 0 Å². The van der Waals surface area contributed by atoms with Crippen LogP contribution in [0.25, 0.3) is 66.8 Å². The fraction of sp³-hybridized carbons (Fsp3) is 0.0118. The van der Waals surface area contributed by atoms with Gasteiger partial charge in [0.1, 0.15) is 23.0 Å². The molecule has 0 atom stereocenters. The van der Waals surface area contributed by atoms with E-state index in [2.05, 4.69) is 362 Å². The second kappa shape index (κ2) is 22.6. The normalized spacial score (nSPS) is 12.1. The molecule has 89 heavy (non-hydrogen) atoms. The van der Waals surface area contributed by atoms with Crippen molar-refractivity contribution in [1.82, 2.24) is 0 Å². The highest BCUT2D eigenvalue weighted by Gasteiger charge is 2.52. The molecule has 4 heteroatoms. The van der Waals surface area contributed by atoms with Crippen LogP contribution in [0.15, 0.2) is 352 Å². The molecule has 0 amide bonds. The molecule has 2 aliphatic carbocycles. The van der Waals surface area contributed by atoms with Crippen LogP contribution in [0, 0.1) is 0 Å². The zero-order chi connectivity index (χ0) is 59.1. The summed E-state index contributed by atoms with van der Waals surface area (Å²) >= 11 is 0. The molecule has 0 N–H and O–H groups in total. The number of nitrogens with zero attached hydrogens (tertiary/aromatic N) is 2. The van der Waals surface area contributed by atoms with E-state index in [1.165, 1.54) is 55.6 Å². The zero-order valence-corrected chi connectivity index (χ0v) is 48.7. The molecule has 16 rings (SSSR count). The van der Waals surface area contributed by atoms with Crippen LogP contribution in [0.4, 0.5) is 34.1 Å². The Morgan fingerprint density at radius 3 is 0.910 bits per heavy atom. The summed E-state index contributed by atoms with van der Waals surface area (Å²) in [5.41, 5.74) is 24.2. The third kappa shape index (κ3) is 9.52. The lowest BCUT2D eigenvalue weighted by atomic mass is 9.70. The van der Waals surface area contributed by atoms with E-state index in [0.29, 0.717) is 0 Å². The Morgan fingerprint density at radius 1 is 0.191 bits per heavy atom. The topological polar surface area (TPSA) is 24.9 Å². The highest BCUT2D eigenvalue weighted by molar-refractivity contribution is 5.96. The Bertz CT molecular complexity index is 4580. The molecule has 0 unspecified atom stereocenters. The Balaban J connectivity index is 0.773. The quantitative estimate of drug-likeness (QED) is 0.108. The second-order valence-electron chi connectivity index (χ2n) is 22.7. The predicted molar refractivity (Wildman–Crippen MR) is 367 cm³/mol. The molecule has 2 aliphatic rings. The molecule has 4 nitrogen and oxygen atoms in total. The van der Waals surface area contributed by atoms with Gasteiger partial charge in [0.05, 0.1) is 16.8 Å². The van der Waals surface area contributed by atoms with Crippen LogP contribution in [0.5, 0.6) is 23.0 Å². The first-order valence-corrected chi connectivity index (χ1v) is 30.4. The maximum Gasteiger partial charge on any atom is 0.129 e. The predicted octanol–water partition coefficient (Wildman–Crippen LogP) is 23.2. The molecule has 0 radical (unpaired) electrons. The summed E-state index contributed by atoms with van der Waals surface area (Å²) in [7, 11) is 0.